The zero-order valence-electron chi connectivity index (χ0n) is 11.8. The lowest BCUT2D eigenvalue weighted by atomic mass is 9.97. The number of hydrogen-bond acceptors (Lipinski definition) is 3. The van der Waals surface area contributed by atoms with Crippen LogP contribution in [-0.2, 0) is 16.1 Å². The molecule has 1 aromatic carbocycles. The van der Waals surface area contributed by atoms with Gasteiger partial charge in [0.25, 0.3) is 5.91 Å². The van der Waals surface area contributed by atoms with Crippen molar-refractivity contribution in [3.63, 3.8) is 0 Å². The van der Waals surface area contributed by atoms with E-state index in [1.54, 1.807) is 26.2 Å². The molecule has 1 aliphatic rings. The van der Waals surface area contributed by atoms with Gasteiger partial charge in [0.15, 0.2) is 0 Å². The van der Waals surface area contributed by atoms with E-state index in [0.29, 0.717) is 31.6 Å². The van der Waals surface area contributed by atoms with Crippen LogP contribution in [-0.4, -0.2) is 41.1 Å². The lowest BCUT2D eigenvalue weighted by Gasteiger charge is -2.31. The van der Waals surface area contributed by atoms with E-state index >= 15 is 0 Å². The summed E-state index contributed by atoms with van der Waals surface area (Å²) in [5.74, 6) is -1.19. The van der Waals surface area contributed by atoms with Gasteiger partial charge in [-0.25, -0.2) is 4.79 Å². The highest BCUT2D eigenvalue weighted by Crippen LogP contribution is 2.31. The van der Waals surface area contributed by atoms with Gasteiger partial charge in [0.1, 0.15) is 5.54 Å². The quantitative estimate of drug-likeness (QED) is 0.913. The van der Waals surface area contributed by atoms with E-state index in [1.165, 1.54) is 4.90 Å². The number of amides is 1. The number of likely N-dealkylation sites (tertiary alicyclic amines) is 1. The minimum atomic E-state index is -1.11. The second-order valence-electron chi connectivity index (χ2n) is 5.23. The fraction of sp³-hybridized carbons (Fsp3) is 0.467. The number of methoxy groups -OCH3 is 1. The number of benzene rings is 1. The summed E-state index contributed by atoms with van der Waals surface area (Å²) < 4.78 is 5.09. The number of aliphatic carboxylic acids is 1. The summed E-state index contributed by atoms with van der Waals surface area (Å²) in [6.07, 6.45) is 1.20. The van der Waals surface area contributed by atoms with Gasteiger partial charge < -0.3 is 14.7 Å². The maximum Gasteiger partial charge on any atom is 0.329 e. The van der Waals surface area contributed by atoms with Crippen LogP contribution in [0.1, 0.15) is 35.7 Å². The van der Waals surface area contributed by atoms with E-state index in [-0.39, 0.29) is 5.91 Å². The zero-order valence-corrected chi connectivity index (χ0v) is 11.8. The minimum Gasteiger partial charge on any atom is -0.480 e. The Hall–Kier alpha value is -1.88. The van der Waals surface area contributed by atoms with Crippen LogP contribution in [0.25, 0.3) is 0 Å². The van der Waals surface area contributed by atoms with Gasteiger partial charge in [-0.15, -0.1) is 0 Å². The molecule has 0 bridgehead atoms. The number of carbonyl (C=O) groups is 2. The van der Waals surface area contributed by atoms with Crippen molar-refractivity contribution in [1.82, 2.24) is 4.90 Å². The fourth-order valence-corrected chi connectivity index (χ4v) is 2.67. The fourth-order valence-electron chi connectivity index (χ4n) is 2.67. The van der Waals surface area contributed by atoms with Crippen molar-refractivity contribution < 1.29 is 19.4 Å². The highest BCUT2D eigenvalue weighted by atomic mass is 16.5. The third-order valence-corrected chi connectivity index (χ3v) is 3.89. The summed E-state index contributed by atoms with van der Waals surface area (Å²) in [6, 6.07) is 7.16. The standard InChI is InChI=1S/C15H19NO4/c1-15(14(18)19)8-5-9-16(15)13(17)12-7-4-3-6-11(12)10-20-2/h3-4,6-7H,5,8-10H2,1-2H3,(H,18,19). The van der Waals surface area contributed by atoms with Gasteiger partial charge in [-0.1, -0.05) is 18.2 Å². The Labute approximate surface area is 118 Å². The maximum atomic E-state index is 12.7. The van der Waals surface area contributed by atoms with Crippen molar-refractivity contribution in [3.05, 3.63) is 35.4 Å². The smallest absolute Gasteiger partial charge is 0.329 e. The molecule has 0 saturated carbocycles. The summed E-state index contributed by atoms with van der Waals surface area (Å²) >= 11 is 0. The van der Waals surface area contributed by atoms with E-state index in [0.717, 1.165) is 5.56 Å². The normalized spacial score (nSPS) is 22.0. The third-order valence-electron chi connectivity index (χ3n) is 3.89. The Morgan fingerprint density at radius 3 is 2.75 bits per heavy atom. The lowest BCUT2D eigenvalue weighted by molar-refractivity contribution is -0.147. The molecule has 108 valence electrons. The Balaban J connectivity index is 2.34. The first-order chi connectivity index (χ1) is 9.50. The molecule has 0 aliphatic carbocycles. The topological polar surface area (TPSA) is 66.8 Å². The van der Waals surface area contributed by atoms with Crippen molar-refractivity contribution in [2.45, 2.75) is 31.9 Å². The van der Waals surface area contributed by atoms with Gasteiger partial charge in [-0.2, -0.15) is 0 Å². The molecular formula is C15H19NO4. The minimum absolute atomic E-state index is 0.236. The molecule has 1 aliphatic heterocycles. The zero-order chi connectivity index (χ0) is 14.8. The molecule has 1 heterocycles. The van der Waals surface area contributed by atoms with Crippen LogP contribution in [0.3, 0.4) is 0 Å². The highest BCUT2D eigenvalue weighted by Gasteiger charge is 2.46. The van der Waals surface area contributed by atoms with Crippen LogP contribution >= 0.6 is 0 Å². The first kappa shape index (κ1) is 14.5. The molecule has 1 N–H and O–H groups in total. The van der Waals surface area contributed by atoms with Gasteiger partial charge >= 0.3 is 5.97 Å². The average Bonchev–Trinajstić information content (AvgIpc) is 2.82. The molecular weight excluding hydrogens is 258 g/mol. The van der Waals surface area contributed by atoms with E-state index in [1.807, 2.05) is 12.1 Å². The summed E-state index contributed by atoms with van der Waals surface area (Å²) in [5.41, 5.74) is 0.181. The number of hydrogen-bond donors (Lipinski definition) is 1. The molecule has 1 amide bonds. The van der Waals surface area contributed by atoms with Gasteiger partial charge in [0.2, 0.25) is 0 Å². The van der Waals surface area contributed by atoms with Crippen LogP contribution in [0, 0.1) is 0 Å². The van der Waals surface area contributed by atoms with E-state index in [4.69, 9.17) is 4.74 Å². The lowest BCUT2D eigenvalue weighted by Crippen LogP contribution is -2.50. The number of nitrogens with zero attached hydrogens (tertiary/aromatic N) is 1. The number of ether oxygens (including phenoxy) is 1. The SMILES string of the molecule is COCc1ccccc1C(=O)N1CCCC1(C)C(=O)O. The Morgan fingerprint density at radius 1 is 1.40 bits per heavy atom. The van der Waals surface area contributed by atoms with Crippen LogP contribution in [0.2, 0.25) is 0 Å². The molecule has 0 aromatic heterocycles. The molecule has 1 unspecified atom stereocenters. The summed E-state index contributed by atoms with van der Waals surface area (Å²) in [4.78, 5) is 25.6. The summed E-state index contributed by atoms with van der Waals surface area (Å²) in [6.45, 7) is 2.42. The van der Waals surface area contributed by atoms with Crippen molar-refractivity contribution >= 4 is 11.9 Å². The predicted molar refractivity (Wildman–Crippen MR) is 73.5 cm³/mol. The second kappa shape index (κ2) is 5.63. The second-order valence-corrected chi connectivity index (χ2v) is 5.23. The maximum absolute atomic E-state index is 12.7. The molecule has 1 aromatic rings. The molecule has 1 fully saturated rings. The van der Waals surface area contributed by atoms with Gasteiger partial charge in [-0.3, -0.25) is 4.79 Å². The Kier molecular flexibility index (Phi) is 4.09. The Bertz CT molecular complexity index is 528. The number of rotatable bonds is 4. The predicted octanol–water partition coefficient (Wildman–Crippen LogP) is 1.91. The summed E-state index contributed by atoms with van der Waals surface area (Å²) in [7, 11) is 1.57. The molecule has 5 nitrogen and oxygen atoms in total. The van der Waals surface area contributed by atoms with Gasteiger partial charge in [0, 0.05) is 19.2 Å². The van der Waals surface area contributed by atoms with Crippen LogP contribution in [0.5, 0.6) is 0 Å². The third kappa shape index (κ3) is 2.41. The van der Waals surface area contributed by atoms with Gasteiger partial charge in [0.05, 0.1) is 6.61 Å². The number of carboxylic acids is 1. The van der Waals surface area contributed by atoms with Crippen molar-refractivity contribution in [1.29, 1.82) is 0 Å². The first-order valence-corrected chi connectivity index (χ1v) is 6.63. The first-order valence-electron chi connectivity index (χ1n) is 6.63. The average molecular weight is 277 g/mol. The van der Waals surface area contributed by atoms with Gasteiger partial charge in [-0.05, 0) is 31.4 Å². The van der Waals surface area contributed by atoms with Crippen molar-refractivity contribution in [2.24, 2.45) is 0 Å². The molecule has 20 heavy (non-hydrogen) atoms. The number of carbonyl (C=O) groups excluding carboxylic acids is 1. The van der Waals surface area contributed by atoms with E-state index in [9.17, 15) is 14.7 Å². The Morgan fingerprint density at radius 2 is 2.10 bits per heavy atom. The van der Waals surface area contributed by atoms with Crippen LogP contribution in [0.15, 0.2) is 24.3 Å². The van der Waals surface area contributed by atoms with E-state index < -0.39 is 11.5 Å². The highest BCUT2D eigenvalue weighted by molar-refractivity contribution is 5.99. The van der Waals surface area contributed by atoms with Crippen molar-refractivity contribution in [3.8, 4) is 0 Å². The molecule has 0 radical (unpaired) electrons. The molecule has 0 spiro atoms. The molecule has 2 rings (SSSR count). The largest absolute Gasteiger partial charge is 0.480 e. The molecule has 1 atom stereocenters. The van der Waals surface area contributed by atoms with Crippen LogP contribution in [0.4, 0.5) is 0 Å². The number of carboxylic acid groups (broad SMARTS) is 1. The van der Waals surface area contributed by atoms with E-state index in [2.05, 4.69) is 0 Å². The monoisotopic (exact) mass is 277 g/mol. The molecule has 5 heteroatoms. The van der Waals surface area contributed by atoms with Crippen molar-refractivity contribution in [2.75, 3.05) is 13.7 Å². The summed E-state index contributed by atoms with van der Waals surface area (Å²) in [5, 5.41) is 9.39. The molecule has 1 saturated heterocycles. The van der Waals surface area contributed by atoms with Crippen LogP contribution < -0.4 is 0 Å².